The highest BCUT2D eigenvalue weighted by Crippen LogP contribution is 2.29. The van der Waals surface area contributed by atoms with E-state index in [9.17, 15) is 0 Å². The zero-order valence-corrected chi connectivity index (χ0v) is 11.6. The molecule has 16 heavy (non-hydrogen) atoms. The van der Waals surface area contributed by atoms with Crippen molar-refractivity contribution >= 4 is 44.9 Å². The zero-order chi connectivity index (χ0) is 11.4. The number of allylic oxidation sites excluding steroid dienone is 1. The second-order valence-corrected chi connectivity index (χ2v) is 5.61. The van der Waals surface area contributed by atoms with Gasteiger partial charge in [0.15, 0.2) is 0 Å². The summed E-state index contributed by atoms with van der Waals surface area (Å²) < 4.78 is 1.11. The van der Waals surface area contributed by atoms with Crippen LogP contribution in [0.1, 0.15) is 4.88 Å². The topological polar surface area (TPSA) is 0 Å². The molecule has 0 radical (unpaired) electrons. The molecule has 0 fully saturated rings. The van der Waals surface area contributed by atoms with Gasteiger partial charge in [-0.2, -0.15) is 0 Å². The van der Waals surface area contributed by atoms with Gasteiger partial charge in [-0.25, -0.2) is 0 Å². The Balaban J connectivity index is 2.24. The summed E-state index contributed by atoms with van der Waals surface area (Å²) in [7, 11) is 0. The Kier molecular flexibility index (Phi) is 4.22. The fourth-order valence-corrected chi connectivity index (χ4v) is 2.67. The molecule has 0 saturated carbocycles. The maximum atomic E-state index is 5.61. The third-order valence-corrected chi connectivity index (χ3v) is 3.93. The molecular formula is C13H10BrClS. The summed E-state index contributed by atoms with van der Waals surface area (Å²) >= 11 is 10.8. The lowest BCUT2D eigenvalue weighted by Gasteiger charge is -1.96. The van der Waals surface area contributed by atoms with E-state index in [-0.39, 0.29) is 0 Å². The van der Waals surface area contributed by atoms with Gasteiger partial charge in [-0.15, -0.1) is 22.9 Å². The molecule has 0 N–H and O–H groups in total. The number of thiophene rings is 1. The fraction of sp³-hybridized carbons (Fsp3) is 0.0769. The lowest BCUT2D eigenvalue weighted by atomic mass is 10.2. The van der Waals surface area contributed by atoms with Gasteiger partial charge in [0, 0.05) is 20.1 Å². The molecule has 1 aromatic carbocycles. The number of halogens is 2. The minimum absolute atomic E-state index is 0.561. The van der Waals surface area contributed by atoms with Crippen molar-refractivity contribution in [3.05, 3.63) is 51.8 Å². The van der Waals surface area contributed by atoms with Crippen molar-refractivity contribution in [3.8, 4) is 10.4 Å². The summed E-state index contributed by atoms with van der Waals surface area (Å²) in [6.07, 6.45) is 4.01. The van der Waals surface area contributed by atoms with Crippen LogP contribution in [0.25, 0.3) is 16.5 Å². The zero-order valence-electron chi connectivity index (χ0n) is 8.49. The van der Waals surface area contributed by atoms with Gasteiger partial charge >= 0.3 is 0 Å². The quantitative estimate of drug-likeness (QED) is 0.663. The van der Waals surface area contributed by atoms with Gasteiger partial charge in [0.2, 0.25) is 0 Å². The maximum Gasteiger partial charge on any atom is 0.0407 e. The minimum Gasteiger partial charge on any atom is -0.136 e. The summed E-state index contributed by atoms with van der Waals surface area (Å²) in [6, 6.07) is 12.6. The third kappa shape index (κ3) is 2.97. The Labute approximate surface area is 113 Å². The molecule has 0 atom stereocenters. The van der Waals surface area contributed by atoms with E-state index in [0.717, 1.165) is 4.47 Å². The molecule has 0 aliphatic rings. The highest BCUT2D eigenvalue weighted by atomic mass is 79.9. The number of hydrogen-bond donors (Lipinski definition) is 0. The molecule has 1 aromatic heterocycles. The van der Waals surface area contributed by atoms with Gasteiger partial charge in [0.05, 0.1) is 0 Å². The van der Waals surface area contributed by atoms with Crippen LogP contribution in [0.4, 0.5) is 0 Å². The molecule has 0 bridgehead atoms. The smallest absolute Gasteiger partial charge is 0.0407 e. The Morgan fingerprint density at radius 1 is 1.12 bits per heavy atom. The first kappa shape index (κ1) is 11.9. The highest BCUT2D eigenvalue weighted by molar-refractivity contribution is 9.10. The van der Waals surface area contributed by atoms with Gasteiger partial charge in [0.25, 0.3) is 0 Å². The van der Waals surface area contributed by atoms with Crippen LogP contribution >= 0.6 is 38.9 Å². The van der Waals surface area contributed by atoms with Crippen molar-refractivity contribution in [2.75, 3.05) is 5.88 Å². The number of hydrogen-bond acceptors (Lipinski definition) is 1. The summed E-state index contributed by atoms with van der Waals surface area (Å²) in [5, 5.41) is 0. The maximum absolute atomic E-state index is 5.61. The van der Waals surface area contributed by atoms with Crippen LogP contribution < -0.4 is 0 Å². The lowest BCUT2D eigenvalue weighted by molar-refractivity contribution is 1.65. The largest absolute Gasteiger partial charge is 0.136 e. The van der Waals surface area contributed by atoms with Crippen LogP contribution in [-0.2, 0) is 0 Å². The van der Waals surface area contributed by atoms with Gasteiger partial charge < -0.3 is 0 Å². The first-order valence-corrected chi connectivity index (χ1v) is 7.02. The van der Waals surface area contributed by atoms with E-state index in [1.165, 1.54) is 15.3 Å². The van der Waals surface area contributed by atoms with Crippen LogP contribution in [0.3, 0.4) is 0 Å². The molecule has 0 unspecified atom stereocenters. The summed E-state index contributed by atoms with van der Waals surface area (Å²) in [5.41, 5.74) is 1.25. The van der Waals surface area contributed by atoms with Crippen molar-refractivity contribution < 1.29 is 0 Å². The van der Waals surface area contributed by atoms with Crippen LogP contribution in [0.2, 0.25) is 0 Å². The Morgan fingerprint density at radius 3 is 2.56 bits per heavy atom. The molecule has 2 aromatic rings. The monoisotopic (exact) mass is 312 g/mol. The first-order valence-electron chi connectivity index (χ1n) is 4.88. The Hall–Kier alpha value is -0.570. The first-order chi connectivity index (χ1) is 7.79. The minimum atomic E-state index is 0.561. The Bertz CT molecular complexity index is 485. The second-order valence-electron chi connectivity index (χ2n) is 3.27. The van der Waals surface area contributed by atoms with E-state index in [1.807, 2.05) is 6.08 Å². The SMILES string of the molecule is ClCC=Cc1ccc(-c2ccc(Br)cc2)s1. The molecule has 82 valence electrons. The average molecular weight is 314 g/mol. The fourth-order valence-electron chi connectivity index (χ4n) is 1.37. The molecular weight excluding hydrogens is 304 g/mol. The average Bonchev–Trinajstić information content (AvgIpc) is 2.76. The molecule has 1 heterocycles. The van der Waals surface area contributed by atoms with E-state index in [4.69, 9.17) is 11.6 Å². The van der Waals surface area contributed by atoms with E-state index >= 15 is 0 Å². The standard InChI is InChI=1S/C13H10BrClS/c14-11-5-3-10(4-6-11)13-8-7-12(16-13)2-1-9-15/h1-8H,9H2. The summed E-state index contributed by atoms with van der Waals surface area (Å²) in [4.78, 5) is 2.51. The number of alkyl halides is 1. The van der Waals surface area contributed by atoms with Crippen LogP contribution in [0, 0.1) is 0 Å². The second kappa shape index (κ2) is 5.67. The molecule has 0 nitrogen and oxygen atoms in total. The lowest BCUT2D eigenvalue weighted by Crippen LogP contribution is -1.70. The van der Waals surface area contributed by atoms with Crippen molar-refractivity contribution in [1.82, 2.24) is 0 Å². The normalized spacial score (nSPS) is 11.1. The molecule has 0 spiro atoms. The predicted octanol–water partition coefficient (Wildman–Crippen LogP) is 5.43. The molecule has 3 heteroatoms. The van der Waals surface area contributed by atoms with E-state index < -0.39 is 0 Å². The molecule has 0 saturated heterocycles. The molecule has 0 aliphatic heterocycles. The van der Waals surface area contributed by atoms with E-state index in [0.29, 0.717) is 5.88 Å². The number of rotatable bonds is 3. The van der Waals surface area contributed by atoms with Crippen molar-refractivity contribution in [1.29, 1.82) is 0 Å². The van der Waals surface area contributed by atoms with Crippen molar-refractivity contribution in [2.24, 2.45) is 0 Å². The van der Waals surface area contributed by atoms with Crippen LogP contribution in [0.5, 0.6) is 0 Å². The van der Waals surface area contributed by atoms with Gasteiger partial charge in [-0.3, -0.25) is 0 Å². The summed E-state index contributed by atoms with van der Waals surface area (Å²) in [5.74, 6) is 0.561. The van der Waals surface area contributed by atoms with Crippen LogP contribution in [-0.4, -0.2) is 5.88 Å². The van der Waals surface area contributed by atoms with Crippen LogP contribution in [0.15, 0.2) is 46.9 Å². The van der Waals surface area contributed by atoms with Gasteiger partial charge in [0.1, 0.15) is 0 Å². The number of benzene rings is 1. The molecule has 0 amide bonds. The molecule has 2 rings (SSSR count). The van der Waals surface area contributed by atoms with E-state index in [1.54, 1.807) is 11.3 Å². The predicted molar refractivity (Wildman–Crippen MR) is 77.2 cm³/mol. The van der Waals surface area contributed by atoms with Gasteiger partial charge in [-0.05, 0) is 35.9 Å². The Morgan fingerprint density at radius 2 is 1.88 bits per heavy atom. The highest BCUT2D eigenvalue weighted by Gasteiger charge is 2.00. The van der Waals surface area contributed by atoms with Crippen molar-refractivity contribution in [2.45, 2.75) is 0 Å². The molecule has 0 aliphatic carbocycles. The summed E-state index contributed by atoms with van der Waals surface area (Å²) in [6.45, 7) is 0. The van der Waals surface area contributed by atoms with Crippen molar-refractivity contribution in [3.63, 3.8) is 0 Å². The van der Waals surface area contributed by atoms with Gasteiger partial charge in [-0.1, -0.05) is 34.1 Å². The third-order valence-electron chi connectivity index (χ3n) is 2.13. The van der Waals surface area contributed by atoms with E-state index in [2.05, 4.69) is 58.4 Å².